The fraction of sp³-hybridized carbons (Fsp3) is 0.333. The molecule has 2 aromatic rings. The van der Waals surface area contributed by atoms with Gasteiger partial charge in [-0.05, 0) is 24.7 Å². The van der Waals surface area contributed by atoms with Crippen molar-refractivity contribution in [3.8, 4) is 0 Å². The summed E-state index contributed by atoms with van der Waals surface area (Å²) in [6.07, 6.45) is 1.23. The highest BCUT2D eigenvalue weighted by molar-refractivity contribution is 7.73. The van der Waals surface area contributed by atoms with Crippen molar-refractivity contribution in [2.75, 3.05) is 39.0 Å². The van der Waals surface area contributed by atoms with Gasteiger partial charge in [-0.15, -0.1) is 0 Å². The van der Waals surface area contributed by atoms with Crippen LogP contribution in [0.5, 0.6) is 0 Å². The van der Waals surface area contributed by atoms with Crippen molar-refractivity contribution in [3.05, 3.63) is 60.7 Å². The van der Waals surface area contributed by atoms with Crippen LogP contribution in [0.15, 0.2) is 60.7 Å². The monoisotopic (exact) mass is 299 g/mol. The summed E-state index contributed by atoms with van der Waals surface area (Å²) in [7, 11) is -0.258. The standard InChI is InChI=1S/C18H22NOP/c1-3-7-17(8-4-1)21(18-9-5-2-6-10-18)16-13-19-11-14-20-15-12-19/h1-10H,11-16H2. The Bertz CT molecular complexity index is 486. The second-order valence-electron chi connectivity index (χ2n) is 5.28. The lowest BCUT2D eigenvalue weighted by atomic mass is 10.4. The molecule has 0 bridgehead atoms. The Morgan fingerprint density at radius 2 is 1.33 bits per heavy atom. The van der Waals surface area contributed by atoms with E-state index in [1.807, 2.05) is 0 Å². The van der Waals surface area contributed by atoms with Crippen LogP contribution in [-0.4, -0.2) is 43.9 Å². The van der Waals surface area contributed by atoms with E-state index >= 15 is 0 Å². The van der Waals surface area contributed by atoms with Crippen LogP contribution in [-0.2, 0) is 4.74 Å². The molecule has 2 nitrogen and oxygen atoms in total. The SMILES string of the molecule is c1ccc(P(CCN2CCOCC2)c2ccccc2)cc1. The van der Waals surface area contributed by atoms with Gasteiger partial charge in [-0.2, -0.15) is 0 Å². The molecule has 0 radical (unpaired) electrons. The van der Waals surface area contributed by atoms with E-state index < -0.39 is 0 Å². The summed E-state index contributed by atoms with van der Waals surface area (Å²) in [5.74, 6) is 0. The van der Waals surface area contributed by atoms with Crippen molar-refractivity contribution in [1.82, 2.24) is 4.90 Å². The smallest absolute Gasteiger partial charge is 0.0594 e. The summed E-state index contributed by atoms with van der Waals surface area (Å²) in [6, 6.07) is 21.9. The van der Waals surface area contributed by atoms with Crippen molar-refractivity contribution in [1.29, 1.82) is 0 Å². The fourth-order valence-corrected chi connectivity index (χ4v) is 5.05. The summed E-state index contributed by atoms with van der Waals surface area (Å²) in [5, 5.41) is 2.96. The van der Waals surface area contributed by atoms with Gasteiger partial charge in [0, 0.05) is 19.6 Å². The average molecular weight is 299 g/mol. The van der Waals surface area contributed by atoms with Crippen LogP contribution in [0.25, 0.3) is 0 Å². The molecule has 2 aromatic carbocycles. The van der Waals surface area contributed by atoms with Gasteiger partial charge in [0.2, 0.25) is 0 Å². The molecule has 1 heterocycles. The van der Waals surface area contributed by atoms with Crippen molar-refractivity contribution < 1.29 is 4.74 Å². The molecule has 3 heteroatoms. The molecular formula is C18H22NOP. The third-order valence-electron chi connectivity index (χ3n) is 3.88. The van der Waals surface area contributed by atoms with Crippen LogP contribution >= 0.6 is 7.92 Å². The summed E-state index contributed by atoms with van der Waals surface area (Å²) in [6.45, 7) is 5.08. The van der Waals surface area contributed by atoms with Gasteiger partial charge in [0.25, 0.3) is 0 Å². The van der Waals surface area contributed by atoms with Gasteiger partial charge >= 0.3 is 0 Å². The van der Waals surface area contributed by atoms with Crippen molar-refractivity contribution >= 4 is 18.5 Å². The number of hydrogen-bond acceptors (Lipinski definition) is 2. The molecule has 3 rings (SSSR count). The Morgan fingerprint density at radius 1 is 0.810 bits per heavy atom. The van der Waals surface area contributed by atoms with Crippen LogP contribution in [0.2, 0.25) is 0 Å². The molecule has 0 aliphatic carbocycles. The first-order valence-electron chi connectivity index (χ1n) is 7.61. The van der Waals surface area contributed by atoms with Gasteiger partial charge in [0.15, 0.2) is 0 Å². The third kappa shape index (κ3) is 4.14. The number of rotatable bonds is 5. The zero-order valence-electron chi connectivity index (χ0n) is 12.3. The zero-order chi connectivity index (χ0) is 14.3. The first-order chi connectivity index (χ1) is 10.4. The second kappa shape index (κ2) is 7.70. The number of ether oxygens (including phenoxy) is 1. The minimum Gasteiger partial charge on any atom is -0.379 e. The first-order valence-corrected chi connectivity index (χ1v) is 9.14. The zero-order valence-corrected chi connectivity index (χ0v) is 13.2. The molecule has 21 heavy (non-hydrogen) atoms. The molecule has 1 aliphatic heterocycles. The number of morpholine rings is 1. The number of nitrogens with zero attached hydrogens (tertiary/aromatic N) is 1. The fourth-order valence-electron chi connectivity index (χ4n) is 2.69. The maximum atomic E-state index is 5.44. The molecule has 0 saturated carbocycles. The van der Waals surface area contributed by atoms with E-state index in [-0.39, 0.29) is 7.92 Å². The molecule has 110 valence electrons. The second-order valence-corrected chi connectivity index (χ2v) is 7.61. The van der Waals surface area contributed by atoms with Crippen LogP contribution in [0.3, 0.4) is 0 Å². The van der Waals surface area contributed by atoms with Crippen molar-refractivity contribution in [2.45, 2.75) is 0 Å². The lowest BCUT2D eigenvalue weighted by Crippen LogP contribution is -2.38. The maximum Gasteiger partial charge on any atom is 0.0594 e. The van der Waals surface area contributed by atoms with E-state index in [4.69, 9.17) is 4.74 Å². The largest absolute Gasteiger partial charge is 0.379 e. The van der Waals surface area contributed by atoms with E-state index in [2.05, 4.69) is 65.6 Å². The van der Waals surface area contributed by atoms with E-state index in [9.17, 15) is 0 Å². The number of benzene rings is 2. The predicted molar refractivity (Wildman–Crippen MR) is 91.2 cm³/mol. The van der Waals surface area contributed by atoms with Gasteiger partial charge in [-0.3, -0.25) is 4.90 Å². The molecule has 1 saturated heterocycles. The van der Waals surface area contributed by atoms with E-state index in [1.165, 1.54) is 23.3 Å². The highest BCUT2D eigenvalue weighted by atomic mass is 31.1. The minimum absolute atomic E-state index is 0.258. The third-order valence-corrected chi connectivity index (χ3v) is 6.37. The molecule has 0 unspecified atom stereocenters. The summed E-state index contributed by atoms with van der Waals surface area (Å²) in [4.78, 5) is 2.53. The van der Waals surface area contributed by atoms with Gasteiger partial charge in [-0.1, -0.05) is 60.7 Å². The lowest BCUT2D eigenvalue weighted by molar-refractivity contribution is 0.0409. The van der Waals surface area contributed by atoms with Crippen LogP contribution in [0, 0.1) is 0 Å². The molecule has 0 N–H and O–H groups in total. The summed E-state index contributed by atoms with van der Waals surface area (Å²) < 4.78 is 5.44. The van der Waals surface area contributed by atoms with Gasteiger partial charge < -0.3 is 4.74 Å². The highest BCUT2D eigenvalue weighted by Gasteiger charge is 2.16. The Labute approximate surface area is 128 Å². The molecule has 0 amide bonds. The summed E-state index contributed by atoms with van der Waals surface area (Å²) in [5.41, 5.74) is 0. The highest BCUT2D eigenvalue weighted by Crippen LogP contribution is 2.33. The minimum atomic E-state index is -0.258. The number of hydrogen-bond donors (Lipinski definition) is 0. The van der Waals surface area contributed by atoms with Crippen molar-refractivity contribution in [2.24, 2.45) is 0 Å². The Balaban J connectivity index is 1.73. The molecule has 1 aliphatic rings. The van der Waals surface area contributed by atoms with E-state index in [1.54, 1.807) is 0 Å². The molecular weight excluding hydrogens is 277 g/mol. The molecule has 0 aromatic heterocycles. The normalized spacial score (nSPS) is 16.2. The maximum absolute atomic E-state index is 5.44. The topological polar surface area (TPSA) is 12.5 Å². The van der Waals surface area contributed by atoms with Crippen LogP contribution in [0.4, 0.5) is 0 Å². The van der Waals surface area contributed by atoms with E-state index in [0.29, 0.717) is 0 Å². The quantitative estimate of drug-likeness (QED) is 0.786. The Morgan fingerprint density at radius 3 is 1.86 bits per heavy atom. The predicted octanol–water partition coefficient (Wildman–Crippen LogP) is 2.45. The molecule has 0 spiro atoms. The van der Waals surface area contributed by atoms with Gasteiger partial charge in [-0.25, -0.2) is 0 Å². The van der Waals surface area contributed by atoms with Gasteiger partial charge in [0.05, 0.1) is 13.2 Å². The Hall–Kier alpha value is -1.21. The molecule has 0 atom stereocenters. The van der Waals surface area contributed by atoms with Crippen LogP contribution < -0.4 is 10.6 Å². The lowest BCUT2D eigenvalue weighted by Gasteiger charge is -2.28. The van der Waals surface area contributed by atoms with Crippen LogP contribution in [0.1, 0.15) is 0 Å². The summed E-state index contributed by atoms with van der Waals surface area (Å²) >= 11 is 0. The average Bonchev–Trinajstić information content (AvgIpc) is 2.58. The first kappa shape index (κ1) is 14.7. The van der Waals surface area contributed by atoms with Crippen molar-refractivity contribution in [3.63, 3.8) is 0 Å². The van der Waals surface area contributed by atoms with E-state index in [0.717, 1.165) is 26.3 Å². The van der Waals surface area contributed by atoms with Gasteiger partial charge in [0.1, 0.15) is 0 Å². The molecule has 1 fully saturated rings. The Kier molecular flexibility index (Phi) is 5.40.